The molecule has 42 heavy (non-hydrogen) atoms. The predicted octanol–water partition coefficient (Wildman–Crippen LogP) is 4.97. The SMILES string of the molecule is C=Cc1c(C)cc2[nH]ncc2c1-c1ncc2c(N3CCC[C@@](C)(O)C3)nc(OC[C@@]34CCCN3C[C@H](F)C4)nc2c1F. The van der Waals surface area contributed by atoms with Gasteiger partial charge in [-0.05, 0) is 63.3 Å². The summed E-state index contributed by atoms with van der Waals surface area (Å²) in [5, 5.41) is 19.2. The van der Waals surface area contributed by atoms with E-state index in [4.69, 9.17) is 9.72 Å². The number of rotatable bonds is 6. The maximum atomic E-state index is 16.7. The molecule has 3 aromatic heterocycles. The van der Waals surface area contributed by atoms with E-state index < -0.39 is 23.1 Å². The van der Waals surface area contributed by atoms with Crippen LogP contribution in [0.5, 0.6) is 6.01 Å². The molecule has 0 radical (unpaired) electrons. The van der Waals surface area contributed by atoms with Gasteiger partial charge >= 0.3 is 6.01 Å². The second-order valence-electron chi connectivity index (χ2n) is 12.4. The Morgan fingerprint density at radius 2 is 2.05 bits per heavy atom. The first-order valence-electron chi connectivity index (χ1n) is 14.6. The third-order valence-electron chi connectivity index (χ3n) is 9.28. The fourth-order valence-corrected chi connectivity index (χ4v) is 7.31. The Hall–Kier alpha value is -3.70. The molecule has 9 nitrogen and oxygen atoms in total. The lowest BCUT2D eigenvalue weighted by atomic mass is 9.94. The maximum Gasteiger partial charge on any atom is 0.319 e. The van der Waals surface area contributed by atoms with Crippen molar-refractivity contribution in [2.75, 3.05) is 37.7 Å². The fraction of sp³-hybridized carbons (Fsp3) is 0.484. The molecule has 3 atom stereocenters. The molecule has 0 aliphatic carbocycles. The van der Waals surface area contributed by atoms with Crippen LogP contribution in [0.1, 0.15) is 50.2 Å². The van der Waals surface area contributed by atoms with Crippen LogP contribution in [0.15, 0.2) is 25.0 Å². The number of fused-ring (bicyclic) bond motifs is 3. The van der Waals surface area contributed by atoms with Gasteiger partial charge in [-0.3, -0.25) is 15.0 Å². The number of halogens is 2. The normalized spacial score (nSPS) is 26.3. The molecule has 0 bridgehead atoms. The van der Waals surface area contributed by atoms with Gasteiger partial charge in [0.25, 0.3) is 0 Å². The summed E-state index contributed by atoms with van der Waals surface area (Å²) in [6.07, 6.45) is 7.70. The van der Waals surface area contributed by atoms with Gasteiger partial charge in [0.05, 0.1) is 28.2 Å². The highest BCUT2D eigenvalue weighted by molar-refractivity contribution is 6.01. The van der Waals surface area contributed by atoms with E-state index in [1.54, 1.807) is 25.4 Å². The van der Waals surface area contributed by atoms with Crippen molar-refractivity contribution in [1.82, 2.24) is 30.0 Å². The molecule has 0 saturated carbocycles. The van der Waals surface area contributed by atoms with Gasteiger partial charge in [-0.25, -0.2) is 8.78 Å². The second-order valence-corrected chi connectivity index (χ2v) is 12.4. The van der Waals surface area contributed by atoms with Crippen molar-refractivity contribution >= 4 is 33.7 Å². The first kappa shape index (κ1) is 27.2. The number of anilines is 1. The largest absolute Gasteiger partial charge is 0.461 e. The Kier molecular flexibility index (Phi) is 6.43. The molecule has 3 aliphatic heterocycles. The number of aromatic amines is 1. The van der Waals surface area contributed by atoms with Crippen LogP contribution in [0, 0.1) is 12.7 Å². The third-order valence-corrected chi connectivity index (χ3v) is 9.28. The fourth-order valence-electron chi connectivity index (χ4n) is 7.31. The second kappa shape index (κ2) is 9.95. The molecule has 3 saturated heterocycles. The standard InChI is InChI=1S/C31H35F2N7O2/c1-4-20-18(2)11-23-21(14-35-38-23)24(20)27-25(33)26-22(13-34-27)28(39-9-5-7-30(3,41)16-39)37-29(36-26)42-17-31-8-6-10-40(31)15-19(32)12-31/h4,11,13-14,19,41H,1,5-10,12,15-17H2,2-3H3,(H,35,38)/t19-,30-,31+/m1/s1. The molecular formula is C31H35F2N7O2. The molecule has 0 amide bonds. The molecule has 3 aliphatic rings. The molecule has 0 unspecified atom stereocenters. The lowest BCUT2D eigenvalue weighted by molar-refractivity contribution is 0.0447. The number of hydrogen-bond donors (Lipinski definition) is 2. The number of pyridine rings is 1. The zero-order valence-electron chi connectivity index (χ0n) is 24.0. The maximum absolute atomic E-state index is 16.7. The zero-order valence-corrected chi connectivity index (χ0v) is 24.0. The van der Waals surface area contributed by atoms with Crippen LogP contribution in [-0.2, 0) is 0 Å². The summed E-state index contributed by atoms with van der Waals surface area (Å²) in [5.74, 6) is -0.142. The van der Waals surface area contributed by atoms with Crippen LogP contribution in [0.25, 0.3) is 39.1 Å². The van der Waals surface area contributed by atoms with E-state index in [9.17, 15) is 9.50 Å². The Bertz CT molecular complexity index is 1710. The first-order valence-corrected chi connectivity index (χ1v) is 14.6. The van der Waals surface area contributed by atoms with Gasteiger partial charge in [0.2, 0.25) is 0 Å². The molecule has 6 heterocycles. The molecular weight excluding hydrogens is 540 g/mol. The molecule has 1 aromatic carbocycles. The summed E-state index contributed by atoms with van der Waals surface area (Å²) in [4.78, 5) is 18.1. The summed E-state index contributed by atoms with van der Waals surface area (Å²) in [7, 11) is 0. The number of aromatic nitrogens is 5. The number of piperidine rings is 1. The lowest BCUT2D eigenvalue weighted by Gasteiger charge is -2.38. The third kappa shape index (κ3) is 4.41. The number of benzene rings is 1. The Labute approximate surface area is 242 Å². The average Bonchev–Trinajstić information content (AvgIpc) is 3.65. The van der Waals surface area contributed by atoms with Crippen molar-refractivity contribution < 1.29 is 18.6 Å². The molecule has 11 heteroatoms. The molecule has 2 N–H and O–H groups in total. The van der Waals surface area contributed by atoms with E-state index in [-0.39, 0.29) is 23.8 Å². The summed E-state index contributed by atoms with van der Waals surface area (Å²) in [6, 6.07) is 1.98. The number of ether oxygens (including phenoxy) is 1. The van der Waals surface area contributed by atoms with Crippen molar-refractivity contribution in [3.05, 3.63) is 42.0 Å². The molecule has 220 valence electrons. The van der Waals surface area contributed by atoms with Crippen molar-refractivity contribution in [1.29, 1.82) is 0 Å². The summed E-state index contributed by atoms with van der Waals surface area (Å²) in [5.41, 5.74) is 1.90. The highest BCUT2D eigenvalue weighted by atomic mass is 19.1. The number of H-pyrrole nitrogens is 1. The highest BCUT2D eigenvalue weighted by Gasteiger charge is 2.49. The van der Waals surface area contributed by atoms with E-state index in [0.717, 1.165) is 47.8 Å². The molecule has 0 spiro atoms. The van der Waals surface area contributed by atoms with Crippen LogP contribution in [0.2, 0.25) is 0 Å². The van der Waals surface area contributed by atoms with E-state index in [1.807, 2.05) is 17.9 Å². The van der Waals surface area contributed by atoms with Gasteiger partial charge in [0.15, 0.2) is 5.82 Å². The number of nitrogens with zero attached hydrogens (tertiary/aromatic N) is 6. The van der Waals surface area contributed by atoms with Crippen LogP contribution in [0.4, 0.5) is 14.6 Å². The van der Waals surface area contributed by atoms with Crippen LogP contribution < -0.4 is 9.64 Å². The summed E-state index contributed by atoms with van der Waals surface area (Å²) >= 11 is 0. The number of aliphatic hydroxyl groups is 1. The Balaban J connectivity index is 1.37. The van der Waals surface area contributed by atoms with Gasteiger partial charge in [0.1, 0.15) is 29.8 Å². The van der Waals surface area contributed by atoms with Crippen LogP contribution >= 0.6 is 0 Å². The summed E-state index contributed by atoms with van der Waals surface area (Å²) in [6.45, 7) is 10.1. The van der Waals surface area contributed by atoms with Gasteiger partial charge in [-0.2, -0.15) is 15.1 Å². The quantitative estimate of drug-likeness (QED) is 0.333. The van der Waals surface area contributed by atoms with E-state index >= 15 is 4.39 Å². The lowest BCUT2D eigenvalue weighted by Crippen LogP contribution is -2.46. The topological polar surface area (TPSA) is 103 Å². The van der Waals surface area contributed by atoms with Gasteiger partial charge in [-0.1, -0.05) is 12.7 Å². The van der Waals surface area contributed by atoms with E-state index in [2.05, 4.69) is 31.6 Å². The smallest absolute Gasteiger partial charge is 0.319 e. The number of alkyl halides is 1. The van der Waals surface area contributed by atoms with Gasteiger partial charge in [-0.15, -0.1) is 0 Å². The average molecular weight is 576 g/mol. The minimum absolute atomic E-state index is 0.0314. The predicted molar refractivity (Wildman–Crippen MR) is 158 cm³/mol. The number of β-amino-alcohol motifs (C(OH)–C–C–N with tert-alkyl or cyclic N) is 1. The minimum atomic E-state index is -0.918. The molecule has 7 rings (SSSR count). The monoisotopic (exact) mass is 575 g/mol. The Morgan fingerprint density at radius 1 is 1.21 bits per heavy atom. The van der Waals surface area contributed by atoms with Crippen molar-refractivity contribution in [2.45, 2.75) is 63.3 Å². The zero-order chi connectivity index (χ0) is 29.2. The van der Waals surface area contributed by atoms with Crippen molar-refractivity contribution in [3.8, 4) is 17.3 Å². The number of aryl methyl sites for hydroxylation is 1. The molecule has 4 aromatic rings. The highest BCUT2D eigenvalue weighted by Crippen LogP contribution is 2.42. The van der Waals surface area contributed by atoms with Gasteiger partial charge in [0, 0.05) is 43.2 Å². The van der Waals surface area contributed by atoms with Crippen LogP contribution in [-0.4, -0.2) is 85.3 Å². The minimum Gasteiger partial charge on any atom is -0.461 e. The van der Waals surface area contributed by atoms with E-state index in [1.165, 1.54) is 0 Å². The van der Waals surface area contributed by atoms with Crippen LogP contribution in [0.3, 0.4) is 0 Å². The van der Waals surface area contributed by atoms with Crippen molar-refractivity contribution in [2.24, 2.45) is 0 Å². The van der Waals surface area contributed by atoms with E-state index in [0.29, 0.717) is 49.2 Å². The van der Waals surface area contributed by atoms with Crippen molar-refractivity contribution in [3.63, 3.8) is 0 Å². The number of nitrogens with one attached hydrogen (secondary N) is 1. The van der Waals surface area contributed by atoms with Gasteiger partial charge < -0.3 is 14.7 Å². The molecule has 3 fully saturated rings. The summed E-state index contributed by atoms with van der Waals surface area (Å²) < 4.78 is 37.4. The Morgan fingerprint density at radius 3 is 2.86 bits per heavy atom. The first-order chi connectivity index (χ1) is 20.2. The number of hydrogen-bond acceptors (Lipinski definition) is 8.